The van der Waals surface area contributed by atoms with Crippen LogP contribution in [-0.4, -0.2) is 11.1 Å². The van der Waals surface area contributed by atoms with Gasteiger partial charge in [-0.2, -0.15) is 0 Å². The lowest BCUT2D eigenvalue weighted by atomic mass is 9.93. The lowest BCUT2D eigenvalue weighted by molar-refractivity contribution is -0.131. The van der Waals surface area contributed by atoms with Crippen LogP contribution in [0.1, 0.15) is 22.3 Å². The number of carbonyl (C=O) groups is 1. The smallest absolute Gasteiger partial charge is 0.328 e. The summed E-state index contributed by atoms with van der Waals surface area (Å²) in [5.41, 5.74) is 4.14. The molecule has 0 amide bonds. The summed E-state index contributed by atoms with van der Waals surface area (Å²) >= 11 is 0. The molecule has 0 heterocycles. The van der Waals surface area contributed by atoms with Crippen molar-refractivity contribution >= 4 is 11.5 Å². The molecule has 3 heteroatoms. The SMILES string of the molecule is Cc1ccc(C)c(/C(=C/C(=O)O)c2ccc(F)cc2)c1. The molecule has 0 radical (unpaired) electrons. The fourth-order valence-electron chi connectivity index (χ4n) is 2.10. The molecule has 0 fully saturated rings. The van der Waals surface area contributed by atoms with Crippen molar-refractivity contribution in [1.82, 2.24) is 0 Å². The molecule has 102 valence electrons. The van der Waals surface area contributed by atoms with Gasteiger partial charge in [0.05, 0.1) is 0 Å². The van der Waals surface area contributed by atoms with Crippen LogP contribution in [0.3, 0.4) is 0 Å². The molecule has 0 aliphatic heterocycles. The predicted molar refractivity (Wildman–Crippen MR) is 77.0 cm³/mol. The molecule has 0 aliphatic rings. The topological polar surface area (TPSA) is 37.3 Å². The lowest BCUT2D eigenvalue weighted by Gasteiger charge is -2.12. The first kappa shape index (κ1) is 14.0. The number of carboxylic acids is 1. The molecule has 0 unspecified atom stereocenters. The Morgan fingerprint density at radius 3 is 2.35 bits per heavy atom. The summed E-state index contributed by atoms with van der Waals surface area (Å²) in [4.78, 5) is 11.1. The van der Waals surface area contributed by atoms with Crippen LogP contribution in [0.15, 0.2) is 48.5 Å². The van der Waals surface area contributed by atoms with E-state index < -0.39 is 5.97 Å². The van der Waals surface area contributed by atoms with E-state index in [9.17, 15) is 9.18 Å². The van der Waals surface area contributed by atoms with Crippen LogP contribution < -0.4 is 0 Å². The molecule has 2 rings (SSSR count). The summed E-state index contributed by atoms with van der Waals surface area (Å²) in [6, 6.07) is 11.7. The molecule has 0 bridgehead atoms. The Morgan fingerprint density at radius 2 is 1.75 bits per heavy atom. The van der Waals surface area contributed by atoms with E-state index >= 15 is 0 Å². The number of rotatable bonds is 3. The quantitative estimate of drug-likeness (QED) is 0.857. The van der Waals surface area contributed by atoms with E-state index in [1.54, 1.807) is 12.1 Å². The number of aryl methyl sites for hydroxylation is 2. The summed E-state index contributed by atoms with van der Waals surface area (Å²) < 4.78 is 13.0. The zero-order chi connectivity index (χ0) is 14.7. The Balaban J connectivity index is 2.62. The Bertz CT molecular complexity index is 670. The Kier molecular flexibility index (Phi) is 3.99. The average Bonchev–Trinajstić information content (AvgIpc) is 2.40. The molecule has 2 nitrogen and oxygen atoms in total. The maximum atomic E-state index is 13.0. The summed E-state index contributed by atoms with van der Waals surface area (Å²) in [5.74, 6) is -1.37. The van der Waals surface area contributed by atoms with Gasteiger partial charge < -0.3 is 5.11 Å². The minimum Gasteiger partial charge on any atom is -0.478 e. The van der Waals surface area contributed by atoms with E-state index in [-0.39, 0.29) is 5.82 Å². The predicted octanol–water partition coefficient (Wildman–Crippen LogP) is 3.96. The van der Waals surface area contributed by atoms with Crippen molar-refractivity contribution in [1.29, 1.82) is 0 Å². The van der Waals surface area contributed by atoms with Gasteiger partial charge in [0.2, 0.25) is 0 Å². The van der Waals surface area contributed by atoms with Crippen molar-refractivity contribution < 1.29 is 14.3 Å². The molecule has 0 atom stereocenters. The number of halogens is 1. The van der Waals surface area contributed by atoms with Gasteiger partial charge in [0.25, 0.3) is 0 Å². The molecule has 0 saturated heterocycles. The van der Waals surface area contributed by atoms with Crippen LogP contribution in [0.2, 0.25) is 0 Å². The second kappa shape index (κ2) is 5.70. The summed E-state index contributed by atoms with van der Waals surface area (Å²) in [7, 11) is 0. The molecule has 2 aromatic rings. The third-order valence-corrected chi connectivity index (χ3v) is 3.11. The van der Waals surface area contributed by atoms with Gasteiger partial charge in [0.15, 0.2) is 0 Å². The molecule has 2 aromatic carbocycles. The zero-order valence-corrected chi connectivity index (χ0v) is 11.4. The van der Waals surface area contributed by atoms with Gasteiger partial charge in [-0.25, -0.2) is 9.18 Å². The molecule has 0 spiro atoms. The molecular formula is C17H15FO2. The molecule has 20 heavy (non-hydrogen) atoms. The van der Waals surface area contributed by atoms with Crippen molar-refractivity contribution in [3.05, 3.63) is 76.6 Å². The fraction of sp³-hybridized carbons (Fsp3) is 0.118. The van der Waals surface area contributed by atoms with Crippen molar-refractivity contribution in [2.45, 2.75) is 13.8 Å². The van der Waals surface area contributed by atoms with Crippen LogP contribution >= 0.6 is 0 Å². The highest BCUT2D eigenvalue weighted by Gasteiger charge is 2.10. The van der Waals surface area contributed by atoms with Gasteiger partial charge in [0.1, 0.15) is 5.82 Å². The molecular weight excluding hydrogens is 255 g/mol. The first-order chi connectivity index (χ1) is 9.47. The number of aliphatic carboxylic acids is 1. The molecule has 1 N–H and O–H groups in total. The van der Waals surface area contributed by atoms with E-state index in [1.165, 1.54) is 12.1 Å². The largest absolute Gasteiger partial charge is 0.478 e. The van der Waals surface area contributed by atoms with Gasteiger partial charge in [0, 0.05) is 6.08 Å². The van der Waals surface area contributed by atoms with Crippen molar-refractivity contribution in [3.63, 3.8) is 0 Å². The van der Waals surface area contributed by atoms with Crippen LogP contribution in [0.25, 0.3) is 5.57 Å². The first-order valence-electron chi connectivity index (χ1n) is 6.25. The summed E-state index contributed by atoms with van der Waals surface area (Å²) in [6.07, 6.45) is 1.16. The van der Waals surface area contributed by atoms with Gasteiger partial charge in [-0.05, 0) is 48.2 Å². The van der Waals surface area contributed by atoms with E-state index in [1.807, 2.05) is 32.0 Å². The van der Waals surface area contributed by atoms with Crippen molar-refractivity contribution in [2.75, 3.05) is 0 Å². The van der Waals surface area contributed by atoms with E-state index in [2.05, 4.69) is 0 Å². The zero-order valence-electron chi connectivity index (χ0n) is 11.4. The Hall–Kier alpha value is -2.42. The lowest BCUT2D eigenvalue weighted by Crippen LogP contribution is -1.97. The van der Waals surface area contributed by atoms with E-state index in [0.29, 0.717) is 11.1 Å². The maximum absolute atomic E-state index is 13.0. The van der Waals surface area contributed by atoms with E-state index in [4.69, 9.17) is 5.11 Å². The highest BCUT2D eigenvalue weighted by molar-refractivity contribution is 5.95. The first-order valence-corrected chi connectivity index (χ1v) is 6.25. The van der Waals surface area contributed by atoms with Crippen molar-refractivity contribution in [2.24, 2.45) is 0 Å². The number of benzene rings is 2. The van der Waals surface area contributed by atoms with Gasteiger partial charge in [-0.3, -0.25) is 0 Å². The van der Waals surface area contributed by atoms with Gasteiger partial charge in [-0.15, -0.1) is 0 Å². The maximum Gasteiger partial charge on any atom is 0.328 e. The number of hydrogen-bond acceptors (Lipinski definition) is 1. The van der Waals surface area contributed by atoms with Crippen molar-refractivity contribution in [3.8, 4) is 0 Å². The van der Waals surface area contributed by atoms with Crippen LogP contribution in [0.4, 0.5) is 4.39 Å². The van der Waals surface area contributed by atoms with E-state index in [0.717, 1.165) is 22.8 Å². The summed E-state index contributed by atoms with van der Waals surface area (Å²) in [6.45, 7) is 3.87. The monoisotopic (exact) mass is 270 g/mol. The van der Waals surface area contributed by atoms with Gasteiger partial charge >= 0.3 is 5.97 Å². The van der Waals surface area contributed by atoms with Crippen LogP contribution in [0.5, 0.6) is 0 Å². The molecule has 0 aliphatic carbocycles. The third-order valence-electron chi connectivity index (χ3n) is 3.11. The number of hydrogen-bond donors (Lipinski definition) is 1. The molecule has 0 saturated carbocycles. The highest BCUT2D eigenvalue weighted by atomic mass is 19.1. The third kappa shape index (κ3) is 3.12. The summed E-state index contributed by atoms with van der Waals surface area (Å²) in [5, 5.41) is 9.07. The van der Waals surface area contributed by atoms with Gasteiger partial charge in [-0.1, -0.05) is 35.9 Å². The standard InChI is InChI=1S/C17H15FO2/c1-11-3-4-12(2)15(9-11)16(10-17(19)20)13-5-7-14(18)8-6-13/h3-10H,1-2H3,(H,19,20)/b16-10+. The second-order valence-electron chi connectivity index (χ2n) is 4.72. The Morgan fingerprint density at radius 1 is 1.10 bits per heavy atom. The highest BCUT2D eigenvalue weighted by Crippen LogP contribution is 2.27. The fourth-order valence-corrected chi connectivity index (χ4v) is 2.10. The van der Waals surface area contributed by atoms with Crippen LogP contribution in [0, 0.1) is 19.7 Å². The minimum atomic E-state index is -1.02. The normalized spacial score (nSPS) is 11.4. The second-order valence-corrected chi connectivity index (χ2v) is 4.72. The van der Waals surface area contributed by atoms with Crippen LogP contribution in [-0.2, 0) is 4.79 Å². The molecule has 0 aromatic heterocycles. The minimum absolute atomic E-state index is 0.343. The average molecular weight is 270 g/mol. The Labute approximate surface area is 117 Å². The number of carboxylic acid groups (broad SMARTS) is 1.